The number of nitrogens with zero attached hydrogens (tertiary/aromatic N) is 3. The normalized spacial score (nSPS) is 12.2. The molecule has 9 heteroatoms. The Bertz CT molecular complexity index is 579. The first kappa shape index (κ1) is 15.6. The second kappa shape index (κ2) is 7.20. The largest absolute Gasteiger partial charge is 0.480 e. The Hall–Kier alpha value is -2.47. The Kier molecular flexibility index (Phi) is 5.61. The number of hydrogen-bond acceptors (Lipinski definition) is 6. The highest BCUT2D eigenvalue weighted by molar-refractivity contribution is 9.10. The van der Waals surface area contributed by atoms with Crippen LogP contribution < -0.4 is 10.6 Å². The van der Waals surface area contributed by atoms with E-state index in [2.05, 4.69) is 36.5 Å². The van der Waals surface area contributed by atoms with Crippen LogP contribution in [0.4, 0.5) is 5.95 Å². The van der Waals surface area contributed by atoms with Crippen LogP contribution in [-0.2, 0) is 9.59 Å². The highest BCUT2D eigenvalue weighted by Gasteiger charge is 2.16. The smallest absolute Gasteiger partial charge is 0.325 e. The number of halogens is 1. The zero-order valence-corrected chi connectivity index (χ0v) is 11.9. The predicted molar refractivity (Wildman–Crippen MR) is 72.3 cm³/mol. The number of aromatic nitrogens is 2. The summed E-state index contributed by atoms with van der Waals surface area (Å²) < 4.78 is 0.681. The van der Waals surface area contributed by atoms with Gasteiger partial charge in [0.15, 0.2) is 0 Å². The van der Waals surface area contributed by atoms with Gasteiger partial charge in [-0.3, -0.25) is 9.59 Å². The molecule has 1 aromatic heterocycles. The third kappa shape index (κ3) is 4.66. The average Bonchev–Trinajstić information content (AvgIpc) is 2.41. The molecule has 20 heavy (non-hydrogen) atoms. The molecular formula is C11H10BrN5O3. The molecule has 0 aliphatic carbocycles. The molecule has 0 saturated carbocycles. The number of nitriles is 1. The van der Waals surface area contributed by atoms with Crippen LogP contribution in [0.15, 0.2) is 28.6 Å². The first-order valence-corrected chi connectivity index (χ1v) is 6.11. The van der Waals surface area contributed by atoms with Crippen molar-refractivity contribution in [1.82, 2.24) is 15.3 Å². The Morgan fingerprint density at radius 2 is 2.10 bits per heavy atom. The van der Waals surface area contributed by atoms with E-state index in [9.17, 15) is 9.59 Å². The van der Waals surface area contributed by atoms with Gasteiger partial charge in [-0.15, -0.1) is 0 Å². The maximum absolute atomic E-state index is 11.6. The number of carbonyl (C=O) groups excluding carboxylic acids is 1. The molecule has 3 N–H and O–H groups in total. The molecule has 104 valence electrons. The van der Waals surface area contributed by atoms with Crippen LogP contribution in [0.3, 0.4) is 0 Å². The van der Waals surface area contributed by atoms with Gasteiger partial charge in [-0.2, -0.15) is 5.26 Å². The number of anilines is 1. The molecule has 1 unspecified atom stereocenters. The number of nitrogens with one attached hydrogen (secondary N) is 2. The monoisotopic (exact) mass is 339 g/mol. The molecular weight excluding hydrogens is 330 g/mol. The van der Waals surface area contributed by atoms with Gasteiger partial charge in [0.05, 0.1) is 4.47 Å². The van der Waals surface area contributed by atoms with Crippen molar-refractivity contribution in [2.24, 2.45) is 0 Å². The summed E-state index contributed by atoms with van der Waals surface area (Å²) >= 11 is 3.16. The number of carboxylic acids is 1. The fraction of sp³-hybridized carbons (Fsp3) is 0.182. The number of carboxylic acid groups (broad SMARTS) is 1. The van der Waals surface area contributed by atoms with Gasteiger partial charge in [-0.25, -0.2) is 9.97 Å². The molecule has 0 aliphatic rings. The Labute approximate surface area is 122 Å². The van der Waals surface area contributed by atoms with Crippen molar-refractivity contribution in [3.63, 3.8) is 0 Å². The van der Waals surface area contributed by atoms with Crippen molar-refractivity contribution in [1.29, 1.82) is 5.26 Å². The van der Waals surface area contributed by atoms with Gasteiger partial charge < -0.3 is 15.7 Å². The van der Waals surface area contributed by atoms with Gasteiger partial charge in [-0.05, 0) is 22.9 Å². The number of aliphatic carboxylic acids is 1. The lowest BCUT2D eigenvalue weighted by Gasteiger charge is -2.08. The molecule has 8 nitrogen and oxygen atoms in total. The van der Waals surface area contributed by atoms with E-state index in [0.717, 1.165) is 6.20 Å². The van der Waals surface area contributed by atoms with E-state index in [0.29, 0.717) is 4.47 Å². The van der Waals surface area contributed by atoms with Crippen molar-refractivity contribution in [3.05, 3.63) is 28.6 Å². The Morgan fingerprint density at radius 3 is 2.60 bits per heavy atom. The lowest BCUT2D eigenvalue weighted by molar-refractivity contribution is -0.140. The van der Waals surface area contributed by atoms with Crippen LogP contribution in [0.2, 0.25) is 0 Å². The third-order valence-corrected chi connectivity index (χ3v) is 2.46. The summed E-state index contributed by atoms with van der Waals surface area (Å²) in [4.78, 5) is 30.0. The van der Waals surface area contributed by atoms with Crippen LogP contribution in [0.25, 0.3) is 0 Å². The van der Waals surface area contributed by atoms with E-state index in [1.54, 1.807) is 6.07 Å². The maximum atomic E-state index is 11.6. The molecule has 1 heterocycles. The minimum atomic E-state index is -1.19. The Morgan fingerprint density at radius 1 is 1.50 bits per heavy atom. The summed E-state index contributed by atoms with van der Waals surface area (Å²) in [6, 6.07) is 0.562. The van der Waals surface area contributed by atoms with Crippen molar-refractivity contribution < 1.29 is 14.7 Å². The fourth-order valence-corrected chi connectivity index (χ4v) is 1.21. The van der Waals surface area contributed by atoms with Crippen LogP contribution in [-0.4, -0.2) is 33.0 Å². The predicted octanol–water partition coefficient (Wildman–Crippen LogP) is 0.648. The van der Waals surface area contributed by atoms with Gasteiger partial charge in [0.1, 0.15) is 17.7 Å². The highest BCUT2D eigenvalue weighted by Crippen LogP contribution is 2.07. The SMILES string of the molecule is CC(NC(=O)/C(C#N)=C\Nc1ncc(Br)cn1)C(=O)O. The second-order valence-electron chi connectivity index (χ2n) is 3.57. The number of amides is 1. The third-order valence-electron chi connectivity index (χ3n) is 2.05. The van der Waals surface area contributed by atoms with Crippen LogP contribution >= 0.6 is 15.9 Å². The molecule has 0 aliphatic heterocycles. The zero-order valence-electron chi connectivity index (χ0n) is 10.3. The minimum absolute atomic E-state index is 0.194. The average molecular weight is 340 g/mol. The summed E-state index contributed by atoms with van der Waals surface area (Å²) in [6.07, 6.45) is 4.08. The van der Waals surface area contributed by atoms with Gasteiger partial charge in [0, 0.05) is 18.6 Å². The maximum Gasteiger partial charge on any atom is 0.325 e. The van der Waals surface area contributed by atoms with Crippen LogP contribution in [0.5, 0.6) is 0 Å². The van der Waals surface area contributed by atoms with E-state index < -0.39 is 17.9 Å². The number of hydrogen-bond donors (Lipinski definition) is 3. The summed E-state index contributed by atoms with van der Waals surface area (Å²) in [7, 11) is 0. The Balaban J connectivity index is 2.73. The van der Waals surface area contributed by atoms with E-state index in [-0.39, 0.29) is 11.5 Å². The number of carbonyl (C=O) groups is 2. The molecule has 0 spiro atoms. The molecule has 1 atom stereocenters. The molecule has 1 amide bonds. The van der Waals surface area contributed by atoms with Crippen LogP contribution in [0, 0.1) is 11.3 Å². The molecule has 0 bridgehead atoms. The van der Waals surface area contributed by atoms with E-state index in [4.69, 9.17) is 10.4 Å². The van der Waals surface area contributed by atoms with Crippen molar-refractivity contribution in [2.45, 2.75) is 13.0 Å². The molecule has 1 aromatic rings. The minimum Gasteiger partial charge on any atom is -0.480 e. The highest BCUT2D eigenvalue weighted by atomic mass is 79.9. The van der Waals surface area contributed by atoms with E-state index in [1.807, 2.05) is 0 Å². The first-order chi connectivity index (χ1) is 9.43. The standard InChI is InChI=1S/C11H10BrN5O3/c1-6(10(19)20)17-9(18)7(2-13)3-14-11-15-4-8(12)5-16-11/h3-6H,1H3,(H,17,18)(H,19,20)(H,14,15,16)/b7-3-. The van der Waals surface area contributed by atoms with Crippen molar-refractivity contribution in [3.8, 4) is 6.07 Å². The lowest BCUT2D eigenvalue weighted by atomic mass is 10.2. The summed E-state index contributed by atoms with van der Waals surface area (Å²) in [5, 5.41) is 22.2. The van der Waals surface area contributed by atoms with Crippen molar-refractivity contribution >= 4 is 33.8 Å². The topological polar surface area (TPSA) is 128 Å². The number of rotatable bonds is 5. The zero-order chi connectivity index (χ0) is 15.1. The summed E-state index contributed by atoms with van der Waals surface area (Å²) in [5.74, 6) is -1.80. The second-order valence-corrected chi connectivity index (χ2v) is 4.49. The molecule has 0 saturated heterocycles. The van der Waals surface area contributed by atoms with Crippen molar-refractivity contribution in [2.75, 3.05) is 5.32 Å². The van der Waals surface area contributed by atoms with E-state index in [1.165, 1.54) is 19.3 Å². The van der Waals surface area contributed by atoms with Gasteiger partial charge in [0.2, 0.25) is 5.95 Å². The van der Waals surface area contributed by atoms with Gasteiger partial charge in [-0.1, -0.05) is 0 Å². The summed E-state index contributed by atoms with van der Waals surface area (Å²) in [6.45, 7) is 1.29. The molecule has 1 rings (SSSR count). The molecule has 0 radical (unpaired) electrons. The first-order valence-electron chi connectivity index (χ1n) is 5.32. The lowest BCUT2D eigenvalue weighted by Crippen LogP contribution is -2.39. The summed E-state index contributed by atoms with van der Waals surface area (Å²) in [5.41, 5.74) is -0.287. The fourth-order valence-electron chi connectivity index (χ4n) is 1.01. The molecule has 0 fully saturated rings. The van der Waals surface area contributed by atoms with Crippen LogP contribution in [0.1, 0.15) is 6.92 Å². The molecule has 0 aromatic carbocycles. The van der Waals surface area contributed by atoms with Gasteiger partial charge >= 0.3 is 5.97 Å². The van der Waals surface area contributed by atoms with Gasteiger partial charge in [0.25, 0.3) is 5.91 Å². The quantitative estimate of drug-likeness (QED) is 0.530. The van der Waals surface area contributed by atoms with E-state index >= 15 is 0 Å².